The van der Waals surface area contributed by atoms with Crippen LogP contribution in [0.2, 0.25) is 5.02 Å². The van der Waals surface area contributed by atoms with Crippen LogP contribution in [-0.4, -0.2) is 9.78 Å². The van der Waals surface area contributed by atoms with E-state index >= 15 is 0 Å². The zero-order valence-corrected chi connectivity index (χ0v) is 12.6. The maximum atomic E-state index is 6.29. The quantitative estimate of drug-likeness (QED) is 0.935. The second-order valence-electron chi connectivity index (χ2n) is 4.14. The van der Waals surface area contributed by atoms with E-state index in [-0.39, 0.29) is 6.04 Å². The zero-order chi connectivity index (χ0) is 13.3. The summed E-state index contributed by atoms with van der Waals surface area (Å²) < 4.78 is 7.92. The first-order valence-electron chi connectivity index (χ1n) is 5.74. The summed E-state index contributed by atoms with van der Waals surface area (Å²) >= 11 is 9.55. The number of aryl methyl sites for hydroxylation is 2. The highest BCUT2D eigenvalue weighted by Gasteiger charge is 2.18. The van der Waals surface area contributed by atoms with Crippen molar-refractivity contribution >= 4 is 27.5 Å². The van der Waals surface area contributed by atoms with E-state index in [4.69, 9.17) is 21.8 Å². The van der Waals surface area contributed by atoms with Crippen molar-refractivity contribution in [2.45, 2.75) is 25.8 Å². The topological polar surface area (TPSA) is 57.0 Å². The van der Waals surface area contributed by atoms with Gasteiger partial charge in [0.05, 0.1) is 22.5 Å². The van der Waals surface area contributed by atoms with Crippen molar-refractivity contribution in [1.82, 2.24) is 9.78 Å². The molecule has 0 amide bonds. The monoisotopic (exact) mass is 331 g/mol. The van der Waals surface area contributed by atoms with Gasteiger partial charge in [0.15, 0.2) is 4.67 Å². The number of nitrogens with two attached hydrogens (primary N) is 1. The van der Waals surface area contributed by atoms with Crippen LogP contribution in [0, 0.1) is 0 Å². The van der Waals surface area contributed by atoms with Gasteiger partial charge in [0.1, 0.15) is 5.76 Å². The Bertz CT molecular complexity index is 550. The lowest BCUT2D eigenvalue weighted by Crippen LogP contribution is -2.15. The summed E-state index contributed by atoms with van der Waals surface area (Å²) in [6.45, 7) is 2.03. The van der Waals surface area contributed by atoms with Gasteiger partial charge in [0, 0.05) is 13.5 Å². The maximum absolute atomic E-state index is 6.29. The maximum Gasteiger partial charge on any atom is 0.169 e. The molecule has 98 valence electrons. The summed E-state index contributed by atoms with van der Waals surface area (Å²) in [6.07, 6.45) is 1.41. The van der Waals surface area contributed by atoms with Crippen LogP contribution in [0.1, 0.15) is 30.1 Å². The van der Waals surface area contributed by atoms with Crippen molar-refractivity contribution in [3.63, 3.8) is 0 Å². The molecular weight excluding hydrogens is 318 g/mol. The molecule has 1 unspecified atom stereocenters. The van der Waals surface area contributed by atoms with Crippen LogP contribution in [0.25, 0.3) is 0 Å². The minimum absolute atomic E-state index is 0.228. The molecule has 0 radical (unpaired) electrons. The van der Waals surface area contributed by atoms with Crippen LogP contribution in [0.4, 0.5) is 0 Å². The van der Waals surface area contributed by atoms with Gasteiger partial charge >= 0.3 is 0 Å². The summed E-state index contributed by atoms with van der Waals surface area (Å²) in [5.41, 5.74) is 7.96. The van der Waals surface area contributed by atoms with Crippen molar-refractivity contribution in [2.75, 3.05) is 0 Å². The first-order valence-corrected chi connectivity index (χ1v) is 6.91. The van der Waals surface area contributed by atoms with Gasteiger partial charge < -0.3 is 10.2 Å². The van der Waals surface area contributed by atoms with Crippen molar-refractivity contribution in [2.24, 2.45) is 12.8 Å². The summed E-state index contributed by atoms with van der Waals surface area (Å²) in [5, 5.41) is 5.08. The number of rotatable bonds is 4. The number of furan rings is 1. The summed E-state index contributed by atoms with van der Waals surface area (Å²) in [5.74, 6) is 0.734. The van der Waals surface area contributed by atoms with Crippen molar-refractivity contribution in [3.05, 3.63) is 39.0 Å². The lowest BCUT2D eigenvalue weighted by Gasteiger charge is -2.09. The Hall–Kier alpha value is -0.780. The molecule has 0 bridgehead atoms. The number of hydrogen-bond acceptors (Lipinski definition) is 3. The minimum atomic E-state index is -0.228. The third-order valence-electron chi connectivity index (χ3n) is 2.88. The summed E-state index contributed by atoms with van der Waals surface area (Å²) in [7, 11) is 1.88. The van der Waals surface area contributed by atoms with Crippen LogP contribution in [-0.2, 0) is 19.9 Å². The lowest BCUT2D eigenvalue weighted by molar-refractivity contribution is 0.443. The third kappa shape index (κ3) is 2.63. The fraction of sp³-hybridized carbons (Fsp3) is 0.417. The fourth-order valence-corrected chi connectivity index (χ4v) is 2.57. The van der Waals surface area contributed by atoms with E-state index in [0.29, 0.717) is 16.1 Å². The predicted molar refractivity (Wildman–Crippen MR) is 74.6 cm³/mol. The molecule has 0 aliphatic heterocycles. The van der Waals surface area contributed by atoms with Gasteiger partial charge in [0.25, 0.3) is 0 Å². The van der Waals surface area contributed by atoms with E-state index < -0.39 is 0 Å². The van der Waals surface area contributed by atoms with E-state index in [2.05, 4.69) is 21.0 Å². The first kappa shape index (κ1) is 13.6. The molecule has 2 N–H and O–H groups in total. The smallest absolute Gasteiger partial charge is 0.169 e. The van der Waals surface area contributed by atoms with Gasteiger partial charge in [-0.05, 0) is 34.5 Å². The molecule has 2 heterocycles. The molecule has 2 aromatic rings. The normalized spacial score (nSPS) is 12.9. The van der Waals surface area contributed by atoms with Gasteiger partial charge in [-0.15, -0.1) is 0 Å². The molecule has 0 fully saturated rings. The SMILES string of the molecule is CCc1nn(C)c(CC(N)c2ccc(Br)o2)c1Cl. The van der Waals surface area contributed by atoms with Crippen LogP contribution in [0.5, 0.6) is 0 Å². The standard InChI is InChI=1S/C12H15BrClN3O/c1-3-8-12(14)9(17(2)16-8)6-7(15)10-4-5-11(13)18-10/h4-5,7H,3,6,15H2,1-2H3. The molecule has 0 saturated carbocycles. The van der Waals surface area contributed by atoms with E-state index in [9.17, 15) is 0 Å². The average Bonchev–Trinajstić information content (AvgIpc) is 2.87. The molecule has 1 atom stereocenters. The Balaban J connectivity index is 2.21. The third-order valence-corrected chi connectivity index (χ3v) is 3.74. The Morgan fingerprint density at radius 3 is 2.78 bits per heavy atom. The Labute approximate surface area is 119 Å². The van der Waals surface area contributed by atoms with E-state index in [1.54, 1.807) is 4.68 Å². The Morgan fingerprint density at radius 1 is 1.56 bits per heavy atom. The molecule has 0 aromatic carbocycles. The zero-order valence-electron chi connectivity index (χ0n) is 10.3. The summed E-state index contributed by atoms with van der Waals surface area (Å²) in [4.78, 5) is 0. The number of hydrogen-bond donors (Lipinski definition) is 1. The molecule has 0 aliphatic carbocycles. The summed E-state index contributed by atoms with van der Waals surface area (Å²) in [6, 6.07) is 3.46. The predicted octanol–water partition coefficient (Wildman–Crippen LogP) is 3.23. The molecule has 4 nitrogen and oxygen atoms in total. The van der Waals surface area contributed by atoms with Crippen molar-refractivity contribution < 1.29 is 4.42 Å². The molecule has 0 saturated heterocycles. The largest absolute Gasteiger partial charge is 0.453 e. The molecule has 0 spiro atoms. The van der Waals surface area contributed by atoms with Crippen LogP contribution >= 0.6 is 27.5 Å². The Morgan fingerprint density at radius 2 is 2.28 bits per heavy atom. The van der Waals surface area contributed by atoms with E-state index in [0.717, 1.165) is 23.6 Å². The second-order valence-corrected chi connectivity index (χ2v) is 5.30. The second kappa shape index (κ2) is 5.47. The van der Waals surface area contributed by atoms with E-state index in [1.165, 1.54) is 0 Å². The number of aromatic nitrogens is 2. The number of nitrogens with zero attached hydrogens (tertiary/aromatic N) is 2. The molecule has 2 rings (SSSR count). The highest BCUT2D eigenvalue weighted by atomic mass is 79.9. The molecule has 0 aliphatic rings. The average molecular weight is 333 g/mol. The minimum Gasteiger partial charge on any atom is -0.453 e. The van der Waals surface area contributed by atoms with Gasteiger partial charge in [-0.2, -0.15) is 5.10 Å². The fourth-order valence-electron chi connectivity index (χ4n) is 1.88. The van der Waals surface area contributed by atoms with Crippen LogP contribution in [0.15, 0.2) is 21.2 Å². The highest BCUT2D eigenvalue weighted by Crippen LogP contribution is 2.26. The number of halogens is 2. The first-order chi connectivity index (χ1) is 8.52. The highest BCUT2D eigenvalue weighted by molar-refractivity contribution is 9.10. The van der Waals surface area contributed by atoms with Crippen molar-refractivity contribution in [3.8, 4) is 0 Å². The molecule has 2 aromatic heterocycles. The van der Waals surface area contributed by atoms with Gasteiger partial charge in [-0.1, -0.05) is 18.5 Å². The van der Waals surface area contributed by atoms with Crippen LogP contribution < -0.4 is 5.73 Å². The van der Waals surface area contributed by atoms with Gasteiger partial charge in [-0.3, -0.25) is 4.68 Å². The van der Waals surface area contributed by atoms with Gasteiger partial charge in [0.2, 0.25) is 0 Å². The molecular formula is C12H15BrClN3O. The lowest BCUT2D eigenvalue weighted by atomic mass is 10.1. The Kier molecular flexibility index (Phi) is 4.14. The van der Waals surface area contributed by atoms with Crippen molar-refractivity contribution in [1.29, 1.82) is 0 Å². The van der Waals surface area contributed by atoms with Crippen LogP contribution in [0.3, 0.4) is 0 Å². The molecule has 18 heavy (non-hydrogen) atoms. The van der Waals surface area contributed by atoms with E-state index in [1.807, 2.05) is 26.1 Å². The van der Waals surface area contributed by atoms with Gasteiger partial charge in [-0.25, -0.2) is 0 Å². The molecule has 6 heteroatoms.